The summed E-state index contributed by atoms with van der Waals surface area (Å²) in [5.74, 6) is 0.821. The Kier molecular flexibility index (Phi) is 9.38. The molecule has 2 heterocycles. The molecule has 1 fully saturated rings. The van der Waals surface area contributed by atoms with Crippen molar-refractivity contribution in [3.8, 4) is 5.75 Å². The van der Waals surface area contributed by atoms with Crippen LogP contribution in [0.1, 0.15) is 65.7 Å². The van der Waals surface area contributed by atoms with Gasteiger partial charge in [0.1, 0.15) is 11.0 Å². The lowest BCUT2D eigenvalue weighted by atomic mass is 10.0. The highest BCUT2D eigenvalue weighted by Gasteiger charge is 2.32. The molecule has 1 aliphatic rings. The van der Waals surface area contributed by atoms with Crippen molar-refractivity contribution in [3.05, 3.63) is 99.9 Å². The lowest BCUT2D eigenvalue weighted by Gasteiger charge is -2.13. The molecule has 2 amide bonds. The van der Waals surface area contributed by atoms with Crippen molar-refractivity contribution in [2.24, 2.45) is 0 Å². The molecule has 202 valence electrons. The summed E-state index contributed by atoms with van der Waals surface area (Å²) in [6.07, 6.45) is 8.35. The molecule has 0 aliphatic carbocycles. The van der Waals surface area contributed by atoms with E-state index in [1.165, 1.54) is 32.3 Å². The number of thioether (sulfide) groups is 1. The number of hydrogen-bond donors (Lipinski definition) is 1. The van der Waals surface area contributed by atoms with Gasteiger partial charge in [0.25, 0.3) is 5.24 Å². The standard InChI is InChI=1S/C33H35NO3S2/c1-2-10-28-29(19-18-27-26(22-38-31(27)28)17-16-23-11-5-3-6-12-23)37-20-8-4-7-13-24-14-9-15-25(21-24)30-32(35)34-33(36)39-30/h3,5-6,9,11-12,14-15,18-19,21-22,30H,2,4,7-8,10,13,16-17,20H2,1H3,(H,34,35,36). The predicted molar refractivity (Wildman–Crippen MR) is 163 cm³/mol. The highest BCUT2D eigenvalue weighted by molar-refractivity contribution is 8.15. The van der Waals surface area contributed by atoms with Crippen LogP contribution >= 0.6 is 23.1 Å². The minimum absolute atomic E-state index is 0.217. The minimum Gasteiger partial charge on any atom is -0.493 e. The topological polar surface area (TPSA) is 55.4 Å². The molecule has 6 heteroatoms. The summed E-state index contributed by atoms with van der Waals surface area (Å²) in [5.41, 5.74) is 6.29. The highest BCUT2D eigenvalue weighted by atomic mass is 32.2. The number of benzene rings is 3. The van der Waals surface area contributed by atoms with E-state index < -0.39 is 5.25 Å². The van der Waals surface area contributed by atoms with Gasteiger partial charge in [-0.05, 0) is 102 Å². The molecule has 1 N–H and O–H groups in total. The molecule has 0 spiro atoms. The van der Waals surface area contributed by atoms with E-state index in [4.69, 9.17) is 4.74 Å². The maximum Gasteiger partial charge on any atom is 0.286 e. The number of ether oxygens (including phenoxy) is 1. The lowest BCUT2D eigenvalue weighted by molar-refractivity contribution is -0.119. The lowest BCUT2D eigenvalue weighted by Crippen LogP contribution is -2.20. The van der Waals surface area contributed by atoms with Gasteiger partial charge in [0, 0.05) is 10.3 Å². The van der Waals surface area contributed by atoms with Gasteiger partial charge in [0.05, 0.1) is 6.61 Å². The molecule has 1 atom stereocenters. The smallest absolute Gasteiger partial charge is 0.286 e. The fraction of sp³-hybridized carbons (Fsp3) is 0.333. The van der Waals surface area contributed by atoms with Gasteiger partial charge in [0.15, 0.2) is 0 Å². The van der Waals surface area contributed by atoms with Crippen LogP contribution in [0.2, 0.25) is 0 Å². The molecule has 1 saturated heterocycles. The van der Waals surface area contributed by atoms with Crippen LogP contribution in [-0.4, -0.2) is 17.8 Å². The molecule has 1 aliphatic heterocycles. The molecular formula is C33H35NO3S2. The summed E-state index contributed by atoms with van der Waals surface area (Å²) in [7, 11) is 0. The van der Waals surface area contributed by atoms with Crippen LogP contribution in [0.4, 0.5) is 4.79 Å². The average Bonchev–Trinajstić information content (AvgIpc) is 3.53. The van der Waals surface area contributed by atoms with Crippen LogP contribution in [0.25, 0.3) is 10.1 Å². The zero-order valence-corrected chi connectivity index (χ0v) is 24.0. The molecule has 1 unspecified atom stereocenters. The van der Waals surface area contributed by atoms with E-state index in [0.29, 0.717) is 0 Å². The normalized spacial score (nSPS) is 15.2. The molecule has 3 aromatic carbocycles. The Balaban J connectivity index is 1.12. The fourth-order valence-corrected chi connectivity index (χ4v) is 7.21. The molecule has 0 saturated carbocycles. The second-order valence-corrected chi connectivity index (χ2v) is 12.1. The monoisotopic (exact) mass is 557 g/mol. The summed E-state index contributed by atoms with van der Waals surface area (Å²) in [6, 6.07) is 23.2. The first-order chi connectivity index (χ1) is 19.1. The van der Waals surface area contributed by atoms with E-state index in [9.17, 15) is 9.59 Å². The van der Waals surface area contributed by atoms with E-state index in [1.807, 2.05) is 23.5 Å². The van der Waals surface area contributed by atoms with Crippen LogP contribution in [0, 0.1) is 0 Å². The molecule has 5 rings (SSSR count). The van der Waals surface area contributed by atoms with Gasteiger partial charge in [-0.3, -0.25) is 14.9 Å². The van der Waals surface area contributed by atoms with Crippen LogP contribution in [-0.2, 0) is 30.5 Å². The van der Waals surface area contributed by atoms with Crippen molar-refractivity contribution in [1.29, 1.82) is 0 Å². The number of carbonyl (C=O) groups is 2. The number of fused-ring (bicyclic) bond motifs is 1. The minimum atomic E-state index is -0.427. The Labute approximate surface area is 239 Å². The number of imide groups is 1. The molecule has 0 radical (unpaired) electrons. The van der Waals surface area contributed by atoms with E-state index >= 15 is 0 Å². The first-order valence-corrected chi connectivity index (χ1v) is 15.7. The summed E-state index contributed by atoms with van der Waals surface area (Å²) >= 11 is 2.92. The van der Waals surface area contributed by atoms with Crippen molar-refractivity contribution in [1.82, 2.24) is 5.32 Å². The Morgan fingerprint density at radius 2 is 1.69 bits per heavy atom. The van der Waals surface area contributed by atoms with Gasteiger partial charge in [-0.15, -0.1) is 11.3 Å². The molecule has 1 aromatic heterocycles. The van der Waals surface area contributed by atoms with E-state index in [2.05, 4.69) is 72.2 Å². The number of hydrogen-bond acceptors (Lipinski definition) is 5. The van der Waals surface area contributed by atoms with Crippen LogP contribution in [0.5, 0.6) is 5.75 Å². The second kappa shape index (κ2) is 13.3. The first-order valence-electron chi connectivity index (χ1n) is 13.9. The third kappa shape index (κ3) is 6.92. The number of rotatable bonds is 13. The Bertz CT molecular complexity index is 1430. The highest BCUT2D eigenvalue weighted by Crippen LogP contribution is 2.37. The van der Waals surface area contributed by atoms with Crippen LogP contribution in [0.15, 0.2) is 72.1 Å². The number of unbranched alkanes of at least 4 members (excludes halogenated alkanes) is 2. The predicted octanol–water partition coefficient (Wildman–Crippen LogP) is 8.45. The summed E-state index contributed by atoms with van der Waals surface area (Å²) < 4.78 is 7.71. The van der Waals surface area contributed by atoms with Crippen molar-refractivity contribution in [3.63, 3.8) is 0 Å². The Morgan fingerprint density at radius 3 is 2.49 bits per heavy atom. The number of thiophene rings is 1. The number of amides is 2. The van der Waals surface area contributed by atoms with Gasteiger partial charge >= 0.3 is 0 Å². The number of aryl methyl sites for hydroxylation is 4. The van der Waals surface area contributed by atoms with E-state index in [1.54, 1.807) is 0 Å². The molecule has 39 heavy (non-hydrogen) atoms. The fourth-order valence-electron chi connectivity index (χ4n) is 5.21. The quantitative estimate of drug-likeness (QED) is 0.168. The third-order valence-corrected chi connectivity index (χ3v) is 9.36. The van der Waals surface area contributed by atoms with Crippen molar-refractivity contribution in [2.75, 3.05) is 6.61 Å². The van der Waals surface area contributed by atoms with Crippen LogP contribution in [0.3, 0.4) is 0 Å². The van der Waals surface area contributed by atoms with E-state index in [-0.39, 0.29) is 11.1 Å². The van der Waals surface area contributed by atoms with Gasteiger partial charge in [0.2, 0.25) is 5.91 Å². The maximum absolute atomic E-state index is 12.0. The molecule has 4 nitrogen and oxygen atoms in total. The van der Waals surface area contributed by atoms with Gasteiger partial charge < -0.3 is 4.74 Å². The average molecular weight is 558 g/mol. The Morgan fingerprint density at radius 1 is 0.846 bits per heavy atom. The second-order valence-electron chi connectivity index (χ2n) is 10.1. The molecule has 0 bridgehead atoms. The summed E-state index contributed by atoms with van der Waals surface area (Å²) in [4.78, 5) is 23.5. The SMILES string of the molecule is CCCc1c(OCCCCCc2cccc(C3SC(=O)NC3=O)c2)ccc2c(CCc3ccccc3)csc12. The van der Waals surface area contributed by atoms with Crippen molar-refractivity contribution in [2.45, 2.75) is 63.5 Å². The largest absolute Gasteiger partial charge is 0.493 e. The zero-order chi connectivity index (χ0) is 27.0. The van der Waals surface area contributed by atoms with Gasteiger partial charge in [-0.25, -0.2) is 0 Å². The van der Waals surface area contributed by atoms with E-state index in [0.717, 1.165) is 81.0 Å². The number of carbonyl (C=O) groups excluding carboxylic acids is 2. The third-order valence-electron chi connectivity index (χ3n) is 7.22. The first kappa shape index (κ1) is 27.5. The summed E-state index contributed by atoms with van der Waals surface area (Å²) in [6.45, 7) is 2.95. The number of nitrogens with one attached hydrogen (secondary N) is 1. The summed E-state index contributed by atoms with van der Waals surface area (Å²) in [5, 5.41) is 5.40. The van der Waals surface area contributed by atoms with Gasteiger partial charge in [-0.2, -0.15) is 0 Å². The molecule has 4 aromatic rings. The van der Waals surface area contributed by atoms with Crippen LogP contribution < -0.4 is 10.1 Å². The zero-order valence-electron chi connectivity index (χ0n) is 22.4. The van der Waals surface area contributed by atoms with Crippen molar-refractivity contribution >= 4 is 44.3 Å². The Hall–Kier alpha value is -3.09. The molecular weight excluding hydrogens is 523 g/mol. The maximum atomic E-state index is 12.0. The van der Waals surface area contributed by atoms with Crippen molar-refractivity contribution < 1.29 is 14.3 Å². The van der Waals surface area contributed by atoms with Gasteiger partial charge in [-0.1, -0.05) is 67.9 Å².